The summed E-state index contributed by atoms with van der Waals surface area (Å²) in [5.74, 6) is 2.05. The maximum absolute atomic E-state index is 13.0. The Bertz CT molecular complexity index is 965. The highest BCUT2D eigenvalue weighted by atomic mass is 16.5. The van der Waals surface area contributed by atoms with Gasteiger partial charge in [0.2, 0.25) is 0 Å². The summed E-state index contributed by atoms with van der Waals surface area (Å²) in [7, 11) is 3.10. The van der Waals surface area contributed by atoms with E-state index in [-0.39, 0.29) is 18.4 Å². The fourth-order valence-corrected chi connectivity index (χ4v) is 3.93. The van der Waals surface area contributed by atoms with Crippen LogP contribution in [0.1, 0.15) is 41.3 Å². The molecule has 1 aliphatic heterocycles. The zero-order valence-electron chi connectivity index (χ0n) is 19.5. The molecule has 1 saturated heterocycles. The summed E-state index contributed by atoms with van der Waals surface area (Å²) >= 11 is 0. The monoisotopic (exact) mass is 440 g/mol. The summed E-state index contributed by atoms with van der Waals surface area (Å²) in [6.45, 7) is 8.21. The van der Waals surface area contributed by atoms with Crippen LogP contribution in [0.25, 0.3) is 0 Å². The molecule has 0 atom stereocenters. The van der Waals surface area contributed by atoms with Gasteiger partial charge < -0.3 is 24.0 Å². The van der Waals surface area contributed by atoms with Crippen LogP contribution in [0.4, 0.5) is 0 Å². The number of amides is 2. The lowest BCUT2D eigenvalue weighted by Crippen LogP contribution is -2.51. The van der Waals surface area contributed by atoms with Crippen molar-refractivity contribution < 1.29 is 23.8 Å². The molecule has 32 heavy (non-hydrogen) atoms. The molecule has 0 N–H and O–H groups in total. The summed E-state index contributed by atoms with van der Waals surface area (Å²) in [6, 6.07) is 11.1. The molecule has 7 nitrogen and oxygen atoms in total. The Labute approximate surface area is 189 Å². The Morgan fingerprint density at radius 1 is 0.906 bits per heavy atom. The number of carbonyl (C=O) groups is 2. The van der Waals surface area contributed by atoms with Crippen LogP contribution in [-0.2, 0) is 4.79 Å². The van der Waals surface area contributed by atoms with Crippen molar-refractivity contribution >= 4 is 11.8 Å². The van der Waals surface area contributed by atoms with Gasteiger partial charge in [0, 0.05) is 32.2 Å². The molecular formula is C25H32N2O5. The quantitative estimate of drug-likeness (QED) is 0.659. The Morgan fingerprint density at radius 3 is 2.16 bits per heavy atom. The highest BCUT2D eigenvalue weighted by molar-refractivity contribution is 5.97. The molecule has 2 aromatic rings. The normalized spacial score (nSPS) is 13.8. The van der Waals surface area contributed by atoms with Crippen molar-refractivity contribution in [3.63, 3.8) is 0 Å². The predicted octanol–water partition coefficient (Wildman–Crippen LogP) is 3.50. The van der Waals surface area contributed by atoms with Gasteiger partial charge in [-0.05, 0) is 48.2 Å². The number of hydrogen-bond donors (Lipinski definition) is 0. The lowest BCUT2D eigenvalue weighted by molar-refractivity contribution is -0.134. The first kappa shape index (κ1) is 23.4. The van der Waals surface area contributed by atoms with E-state index in [1.165, 1.54) is 12.7 Å². The molecule has 0 bridgehead atoms. The van der Waals surface area contributed by atoms with Crippen LogP contribution in [0.15, 0.2) is 36.4 Å². The topological polar surface area (TPSA) is 68.3 Å². The standard InChI is InChI=1S/C25H32N2O5/c1-17(2)21-8-7-20(14-18(21)3)32-16-24(28)26-10-12-27(13-11-26)25(29)22-9-6-19(30-4)15-23(22)31-5/h6-9,14-15,17H,10-13,16H2,1-5H3. The number of rotatable bonds is 7. The van der Waals surface area contributed by atoms with Gasteiger partial charge >= 0.3 is 0 Å². The predicted molar refractivity (Wildman–Crippen MR) is 123 cm³/mol. The molecule has 1 fully saturated rings. The third-order valence-corrected chi connectivity index (χ3v) is 5.78. The van der Waals surface area contributed by atoms with Crippen molar-refractivity contribution in [2.75, 3.05) is 47.0 Å². The zero-order chi connectivity index (χ0) is 23.3. The molecular weight excluding hydrogens is 408 g/mol. The molecule has 3 rings (SSSR count). The molecule has 172 valence electrons. The average molecular weight is 441 g/mol. The molecule has 2 amide bonds. The minimum Gasteiger partial charge on any atom is -0.497 e. The van der Waals surface area contributed by atoms with Crippen molar-refractivity contribution in [3.8, 4) is 17.2 Å². The van der Waals surface area contributed by atoms with Gasteiger partial charge in [-0.3, -0.25) is 9.59 Å². The largest absolute Gasteiger partial charge is 0.497 e. The van der Waals surface area contributed by atoms with E-state index >= 15 is 0 Å². The minimum atomic E-state index is -0.117. The number of ether oxygens (including phenoxy) is 3. The average Bonchev–Trinajstić information content (AvgIpc) is 2.81. The van der Waals surface area contributed by atoms with Gasteiger partial charge in [0.1, 0.15) is 17.2 Å². The van der Waals surface area contributed by atoms with Gasteiger partial charge in [0.25, 0.3) is 11.8 Å². The van der Waals surface area contributed by atoms with Gasteiger partial charge in [0.05, 0.1) is 19.8 Å². The number of piperazine rings is 1. The highest BCUT2D eigenvalue weighted by Gasteiger charge is 2.26. The summed E-state index contributed by atoms with van der Waals surface area (Å²) in [6.07, 6.45) is 0. The van der Waals surface area contributed by atoms with Gasteiger partial charge in [0.15, 0.2) is 6.61 Å². The molecule has 0 aromatic heterocycles. The first-order chi connectivity index (χ1) is 15.3. The molecule has 1 heterocycles. The van der Waals surface area contributed by atoms with Crippen LogP contribution < -0.4 is 14.2 Å². The second kappa shape index (κ2) is 10.4. The van der Waals surface area contributed by atoms with Crippen LogP contribution in [0, 0.1) is 6.92 Å². The molecule has 0 aliphatic carbocycles. The van der Waals surface area contributed by atoms with E-state index in [0.717, 1.165) is 5.56 Å². The highest BCUT2D eigenvalue weighted by Crippen LogP contribution is 2.26. The lowest BCUT2D eigenvalue weighted by atomic mass is 9.98. The second-order valence-electron chi connectivity index (χ2n) is 8.20. The first-order valence-electron chi connectivity index (χ1n) is 10.9. The van der Waals surface area contributed by atoms with Crippen LogP contribution >= 0.6 is 0 Å². The number of nitrogens with zero attached hydrogens (tertiary/aromatic N) is 2. The number of aryl methyl sites for hydroxylation is 1. The van der Waals surface area contributed by atoms with E-state index in [2.05, 4.69) is 26.8 Å². The van der Waals surface area contributed by atoms with E-state index in [0.29, 0.717) is 54.9 Å². The Balaban J connectivity index is 1.53. The summed E-state index contributed by atoms with van der Waals surface area (Å²) in [5.41, 5.74) is 2.92. The van der Waals surface area contributed by atoms with Crippen LogP contribution in [0.3, 0.4) is 0 Å². The first-order valence-corrected chi connectivity index (χ1v) is 10.9. The van der Waals surface area contributed by atoms with Crippen molar-refractivity contribution in [3.05, 3.63) is 53.1 Å². The molecule has 0 spiro atoms. The fraction of sp³-hybridized carbons (Fsp3) is 0.440. The van der Waals surface area contributed by atoms with Crippen LogP contribution in [0.2, 0.25) is 0 Å². The third-order valence-electron chi connectivity index (χ3n) is 5.78. The van der Waals surface area contributed by atoms with E-state index in [1.807, 2.05) is 12.1 Å². The van der Waals surface area contributed by atoms with E-state index in [9.17, 15) is 9.59 Å². The van der Waals surface area contributed by atoms with Crippen molar-refractivity contribution in [1.82, 2.24) is 9.80 Å². The zero-order valence-corrected chi connectivity index (χ0v) is 19.5. The SMILES string of the molecule is COc1ccc(C(=O)N2CCN(C(=O)COc3ccc(C(C)C)c(C)c3)CC2)c(OC)c1. The number of methoxy groups -OCH3 is 2. The fourth-order valence-electron chi connectivity index (χ4n) is 3.93. The molecule has 0 saturated carbocycles. The van der Waals surface area contributed by atoms with Gasteiger partial charge in [-0.15, -0.1) is 0 Å². The van der Waals surface area contributed by atoms with E-state index in [1.54, 1.807) is 35.1 Å². The number of carbonyl (C=O) groups excluding carboxylic acids is 2. The summed E-state index contributed by atoms with van der Waals surface area (Å²) < 4.78 is 16.3. The van der Waals surface area contributed by atoms with Crippen molar-refractivity contribution in [2.45, 2.75) is 26.7 Å². The summed E-state index contributed by atoms with van der Waals surface area (Å²) in [5, 5.41) is 0. The molecule has 2 aromatic carbocycles. The van der Waals surface area contributed by atoms with Crippen molar-refractivity contribution in [2.24, 2.45) is 0 Å². The van der Waals surface area contributed by atoms with Crippen LogP contribution in [0.5, 0.6) is 17.2 Å². The Morgan fingerprint density at radius 2 is 1.56 bits per heavy atom. The van der Waals surface area contributed by atoms with E-state index < -0.39 is 0 Å². The van der Waals surface area contributed by atoms with Gasteiger partial charge in [-0.2, -0.15) is 0 Å². The molecule has 1 aliphatic rings. The summed E-state index contributed by atoms with van der Waals surface area (Å²) in [4.78, 5) is 29.0. The van der Waals surface area contributed by atoms with Gasteiger partial charge in [-0.1, -0.05) is 19.9 Å². The van der Waals surface area contributed by atoms with Gasteiger partial charge in [-0.25, -0.2) is 0 Å². The lowest BCUT2D eigenvalue weighted by Gasteiger charge is -2.35. The van der Waals surface area contributed by atoms with Crippen LogP contribution in [-0.4, -0.2) is 68.6 Å². The third kappa shape index (κ3) is 5.33. The second-order valence-corrected chi connectivity index (χ2v) is 8.20. The number of benzene rings is 2. The maximum atomic E-state index is 13.0. The maximum Gasteiger partial charge on any atom is 0.260 e. The Hall–Kier alpha value is -3.22. The molecule has 0 unspecified atom stereocenters. The number of hydrogen-bond acceptors (Lipinski definition) is 5. The smallest absolute Gasteiger partial charge is 0.260 e. The minimum absolute atomic E-state index is 0.0132. The van der Waals surface area contributed by atoms with Crippen molar-refractivity contribution in [1.29, 1.82) is 0 Å². The van der Waals surface area contributed by atoms with E-state index in [4.69, 9.17) is 14.2 Å². The Kier molecular flexibility index (Phi) is 7.62. The molecule has 7 heteroatoms. The molecule has 0 radical (unpaired) electrons.